The molecule has 1 heterocycles. The van der Waals surface area contributed by atoms with E-state index in [9.17, 15) is 18.0 Å². The fourth-order valence-electron chi connectivity index (χ4n) is 1.84. The van der Waals surface area contributed by atoms with Gasteiger partial charge in [0.25, 0.3) is 0 Å². The first-order valence-electron chi connectivity index (χ1n) is 5.63. The van der Waals surface area contributed by atoms with Crippen LogP contribution in [0.15, 0.2) is 24.3 Å². The van der Waals surface area contributed by atoms with E-state index < -0.39 is 29.9 Å². The Morgan fingerprint density at radius 2 is 1.95 bits per heavy atom. The number of carboxylic acids is 1. The summed E-state index contributed by atoms with van der Waals surface area (Å²) in [5, 5.41) is 11.5. The van der Waals surface area contributed by atoms with Gasteiger partial charge < -0.3 is 9.84 Å². The summed E-state index contributed by atoms with van der Waals surface area (Å²) in [4.78, 5) is 10.7. The number of halogens is 3. The van der Waals surface area contributed by atoms with Gasteiger partial charge in [0.1, 0.15) is 6.04 Å². The monoisotopic (exact) mass is 275 g/mol. The molecule has 0 bridgehead atoms. The average Bonchev–Trinajstić information content (AvgIpc) is 2.38. The van der Waals surface area contributed by atoms with Crippen molar-refractivity contribution in [3.63, 3.8) is 0 Å². The van der Waals surface area contributed by atoms with Crippen LogP contribution in [0.1, 0.15) is 17.2 Å². The van der Waals surface area contributed by atoms with Gasteiger partial charge in [-0.3, -0.25) is 10.1 Å². The number of carbonyl (C=O) groups is 1. The van der Waals surface area contributed by atoms with E-state index in [4.69, 9.17) is 9.84 Å². The topological polar surface area (TPSA) is 58.6 Å². The molecule has 19 heavy (non-hydrogen) atoms. The Hall–Kier alpha value is -1.60. The van der Waals surface area contributed by atoms with Crippen LogP contribution in [-0.2, 0) is 15.7 Å². The van der Waals surface area contributed by atoms with Crippen molar-refractivity contribution >= 4 is 5.97 Å². The number of ether oxygens (including phenoxy) is 1. The Balaban J connectivity index is 2.02. The van der Waals surface area contributed by atoms with Gasteiger partial charge in [-0.25, -0.2) is 0 Å². The second-order valence-electron chi connectivity index (χ2n) is 4.24. The molecule has 0 saturated carbocycles. The third-order valence-electron chi connectivity index (χ3n) is 2.92. The molecule has 1 aliphatic rings. The van der Waals surface area contributed by atoms with E-state index in [1.807, 2.05) is 0 Å². The lowest BCUT2D eigenvalue weighted by Gasteiger charge is -2.28. The highest BCUT2D eigenvalue weighted by Gasteiger charge is 2.31. The maximum Gasteiger partial charge on any atom is 0.416 e. The van der Waals surface area contributed by atoms with Crippen molar-refractivity contribution in [1.29, 1.82) is 0 Å². The molecule has 1 aromatic rings. The fourth-order valence-corrected chi connectivity index (χ4v) is 1.84. The van der Waals surface area contributed by atoms with Crippen LogP contribution in [0, 0.1) is 0 Å². The van der Waals surface area contributed by atoms with Crippen molar-refractivity contribution in [3.05, 3.63) is 35.4 Å². The van der Waals surface area contributed by atoms with Gasteiger partial charge in [-0.2, -0.15) is 13.2 Å². The van der Waals surface area contributed by atoms with E-state index in [2.05, 4.69) is 5.32 Å². The summed E-state index contributed by atoms with van der Waals surface area (Å²) >= 11 is 0. The molecule has 0 amide bonds. The molecule has 104 valence electrons. The number of benzene rings is 1. The van der Waals surface area contributed by atoms with Crippen LogP contribution in [0.25, 0.3) is 0 Å². The smallest absolute Gasteiger partial charge is 0.416 e. The number of hydrogen-bond acceptors (Lipinski definition) is 3. The van der Waals surface area contributed by atoms with Crippen LogP contribution in [-0.4, -0.2) is 30.3 Å². The van der Waals surface area contributed by atoms with Gasteiger partial charge in [-0.15, -0.1) is 0 Å². The summed E-state index contributed by atoms with van der Waals surface area (Å²) in [5.41, 5.74) is -0.132. The summed E-state index contributed by atoms with van der Waals surface area (Å²) in [6.45, 7) is 0.239. The van der Waals surface area contributed by atoms with Gasteiger partial charge in [0, 0.05) is 6.54 Å². The number of aliphatic carboxylic acids is 1. The standard InChI is InChI=1S/C12H12F3NO3/c13-12(14,15)8-3-1-7(2-4-8)10-5-16-9(6-19-10)11(17)18/h1-4,9-10,16H,5-6H2,(H,17,18). The average molecular weight is 275 g/mol. The largest absolute Gasteiger partial charge is 0.480 e. The minimum atomic E-state index is -4.36. The summed E-state index contributed by atoms with van der Waals surface area (Å²) in [6.07, 6.45) is -4.80. The van der Waals surface area contributed by atoms with Gasteiger partial charge in [0.15, 0.2) is 0 Å². The van der Waals surface area contributed by atoms with Crippen molar-refractivity contribution < 1.29 is 27.8 Å². The van der Waals surface area contributed by atoms with Crippen molar-refractivity contribution in [2.45, 2.75) is 18.3 Å². The molecule has 0 aromatic heterocycles. The number of hydrogen-bond donors (Lipinski definition) is 2. The number of morpholine rings is 1. The second kappa shape index (κ2) is 5.18. The third-order valence-corrected chi connectivity index (χ3v) is 2.92. The minimum absolute atomic E-state index is 0.0129. The molecule has 0 radical (unpaired) electrons. The van der Waals surface area contributed by atoms with Crippen LogP contribution in [0.3, 0.4) is 0 Å². The zero-order valence-corrected chi connectivity index (χ0v) is 9.78. The number of rotatable bonds is 2. The van der Waals surface area contributed by atoms with E-state index in [1.54, 1.807) is 0 Å². The van der Waals surface area contributed by atoms with E-state index in [0.717, 1.165) is 12.1 Å². The first-order chi connectivity index (χ1) is 8.88. The fraction of sp³-hybridized carbons (Fsp3) is 0.417. The predicted molar refractivity (Wildman–Crippen MR) is 59.6 cm³/mol. The molecule has 7 heteroatoms. The number of carboxylic acid groups (broad SMARTS) is 1. The normalized spacial score (nSPS) is 24.2. The predicted octanol–water partition coefficient (Wildman–Crippen LogP) is 1.82. The van der Waals surface area contributed by atoms with Crippen LogP contribution < -0.4 is 5.32 Å². The Bertz CT molecular complexity index is 450. The van der Waals surface area contributed by atoms with Gasteiger partial charge >= 0.3 is 12.1 Å². The Morgan fingerprint density at radius 3 is 2.37 bits per heavy atom. The third kappa shape index (κ3) is 3.24. The minimum Gasteiger partial charge on any atom is -0.480 e. The lowest BCUT2D eigenvalue weighted by atomic mass is 10.0. The number of alkyl halides is 3. The molecule has 2 rings (SSSR count). The molecule has 1 aliphatic heterocycles. The highest BCUT2D eigenvalue weighted by Crippen LogP contribution is 2.30. The highest BCUT2D eigenvalue weighted by molar-refractivity contribution is 5.73. The SMILES string of the molecule is O=C(O)C1COC(c2ccc(C(F)(F)F)cc2)CN1. The molecule has 1 saturated heterocycles. The quantitative estimate of drug-likeness (QED) is 0.864. The van der Waals surface area contributed by atoms with E-state index in [0.29, 0.717) is 5.56 Å². The van der Waals surface area contributed by atoms with E-state index in [1.165, 1.54) is 12.1 Å². The van der Waals surface area contributed by atoms with Crippen LogP contribution in [0.4, 0.5) is 13.2 Å². The summed E-state index contributed by atoms with van der Waals surface area (Å²) in [5.74, 6) is -1.01. The van der Waals surface area contributed by atoms with Gasteiger partial charge in [-0.1, -0.05) is 12.1 Å². The second-order valence-corrected chi connectivity index (χ2v) is 4.24. The molecule has 2 atom stereocenters. The van der Waals surface area contributed by atoms with Crippen molar-refractivity contribution in [1.82, 2.24) is 5.32 Å². The van der Waals surface area contributed by atoms with Crippen molar-refractivity contribution in [2.75, 3.05) is 13.2 Å². The van der Waals surface area contributed by atoms with Crippen LogP contribution >= 0.6 is 0 Å². The Morgan fingerprint density at radius 1 is 1.32 bits per heavy atom. The summed E-state index contributed by atoms with van der Waals surface area (Å²) in [6, 6.07) is 3.89. The highest BCUT2D eigenvalue weighted by atomic mass is 19.4. The van der Waals surface area contributed by atoms with Crippen molar-refractivity contribution in [2.24, 2.45) is 0 Å². The maximum atomic E-state index is 12.4. The van der Waals surface area contributed by atoms with Crippen LogP contribution in [0.2, 0.25) is 0 Å². The van der Waals surface area contributed by atoms with Crippen LogP contribution in [0.5, 0.6) is 0 Å². The Kier molecular flexibility index (Phi) is 3.77. The lowest BCUT2D eigenvalue weighted by Crippen LogP contribution is -2.47. The van der Waals surface area contributed by atoms with Gasteiger partial charge in [0.2, 0.25) is 0 Å². The first-order valence-corrected chi connectivity index (χ1v) is 5.63. The molecular weight excluding hydrogens is 263 g/mol. The Labute approximate surface area is 107 Å². The lowest BCUT2D eigenvalue weighted by molar-refractivity contribution is -0.144. The zero-order valence-electron chi connectivity index (χ0n) is 9.78. The molecule has 0 aliphatic carbocycles. The molecule has 4 nitrogen and oxygen atoms in total. The maximum absolute atomic E-state index is 12.4. The molecular formula is C12H12F3NO3. The summed E-state index contributed by atoms with van der Waals surface area (Å²) in [7, 11) is 0. The van der Waals surface area contributed by atoms with Crippen molar-refractivity contribution in [3.8, 4) is 0 Å². The first kappa shape index (κ1) is 13.8. The molecule has 2 N–H and O–H groups in total. The van der Waals surface area contributed by atoms with E-state index in [-0.39, 0.29) is 13.2 Å². The van der Waals surface area contributed by atoms with Gasteiger partial charge in [0.05, 0.1) is 18.3 Å². The number of nitrogens with one attached hydrogen (secondary N) is 1. The zero-order chi connectivity index (χ0) is 14.0. The molecule has 1 aromatic carbocycles. The molecule has 2 unspecified atom stereocenters. The summed E-state index contributed by atoms with van der Waals surface area (Å²) < 4.78 is 42.5. The van der Waals surface area contributed by atoms with E-state index >= 15 is 0 Å². The molecule has 1 fully saturated rings. The van der Waals surface area contributed by atoms with Gasteiger partial charge in [-0.05, 0) is 17.7 Å². The molecule has 0 spiro atoms.